The number of rotatable bonds is 6. The fourth-order valence-electron chi connectivity index (χ4n) is 3.76. The van der Waals surface area contributed by atoms with Crippen LogP contribution in [0.1, 0.15) is 48.4 Å². The number of aryl methyl sites for hydroxylation is 1. The number of hydrogen-bond donors (Lipinski definition) is 0. The molecule has 5 nitrogen and oxygen atoms in total. The van der Waals surface area contributed by atoms with Crippen LogP contribution in [0.3, 0.4) is 0 Å². The minimum absolute atomic E-state index is 0.00860. The third-order valence-corrected chi connectivity index (χ3v) is 5.38. The number of hydrogen-bond acceptors (Lipinski definition) is 4. The van der Waals surface area contributed by atoms with Gasteiger partial charge in [-0.05, 0) is 57.6 Å². The number of aromatic nitrogens is 2. The lowest BCUT2D eigenvalue weighted by Crippen LogP contribution is -2.36. The van der Waals surface area contributed by atoms with Crippen LogP contribution in [0.25, 0.3) is 0 Å². The van der Waals surface area contributed by atoms with Crippen molar-refractivity contribution in [1.29, 1.82) is 0 Å². The summed E-state index contributed by atoms with van der Waals surface area (Å²) in [7, 11) is 0. The van der Waals surface area contributed by atoms with Gasteiger partial charge in [0.15, 0.2) is 0 Å². The highest BCUT2D eigenvalue weighted by Gasteiger charge is 2.23. The second-order valence-corrected chi connectivity index (χ2v) is 7.29. The highest BCUT2D eigenvalue weighted by Crippen LogP contribution is 2.24. The summed E-state index contributed by atoms with van der Waals surface area (Å²) >= 11 is 0. The van der Waals surface area contributed by atoms with Crippen molar-refractivity contribution in [2.45, 2.75) is 40.0 Å². The maximum Gasteiger partial charge on any atom is 0.272 e. The molecule has 1 saturated heterocycles. The molecule has 144 valence electrons. The molecule has 3 rings (SSSR count). The van der Waals surface area contributed by atoms with E-state index in [2.05, 4.69) is 45.2 Å². The van der Waals surface area contributed by atoms with Gasteiger partial charge in [0.25, 0.3) is 5.91 Å². The summed E-state index contributed by atoms with van der Waals surface area (Å²) < 4.78 is 0. The summed E-state index contributed by atoms with van der Waals surface area (Å²) in [5.41, 5.74) is 2.77. The van der Waals surface area contributed by atoms with Crippen LogP contribution in [0.4, 0.5) is 5.95 Å². The fraction of sp³-hybridized carbons (Fsp3) is 0.500. The van der Waals surface area contributed by atoms with Gasteiger partial charge in [-0.15, -0.1) is 0 Å². The van der Waals surface area contributed by atoms with Gasteiger partial charge in [0.2, 0.25) is 5.95 Å². The van der Waals surface area contributed by atoms with Gasteiger partial charge < -0.3 is 9.80 Å². The molecular formula is C22H30N4O. The first-order valence-corrected chi connectivity index (χ1v) is 10.0. The molecule has 1 aliphatic rings. The molecule has 27 heavy (non-hydrogen) atoms. The Bertz CT molecular complexity index is 750. The Kier molecular flexibility index (Phi) is 6.43. The molecule has 0 unspecified atom stereocenters. The van der Waals surface area contributed by atoms with Gasteiger partial charge in [0, 0.05) is 31.9 Å². The summed E-state index contributed by atoms with van der Waals surface area (Å²) in [6.07, 6.45) is 3.39. The van der Waals surface area contributed by atoms with Gasteiger partial charge >= 0.3 is 0 Å². The van der Waals surface area contributed by atoms with Gasteiger partial charge in [0.05, 0.1) is 0 Å². The minimum atomic E-state index is -0.00860. The Labute approximate surface area is 162 Å². The number of benzene rings is 1. The van der Waals surface area contributed by atoms with Gasteiger partial charge in [0.1, 0.15) is 5.69 Å². The minimum Gasteiger partial charge on any atom is -0.341 e. The standard InChI is InChI=1S/C22H30N4O/c1-4-25(5-2)21(27)20-15-17(3)23-22(24-20)26-13-11-19(12-14-26)16-18-9-7-6-8-10-18/h6-10,15,19H,4-5,11-14,16H2,1-3H3. The molecule has 0 N–H and O–H groups in total. The smallest absolute Gasteiger partial charge is 0.272 e. The largest absolute Gasteiger partial charge is 0.341 e. The van der Waals surface area contributed by atoms with E-state index in [9.17, 15) is 4.79 Å². The molecular weight excluding hydrogens is 336 g/mol. The molecule has 1 fully saturated rings. The molecule has 0 spiro atoms. The Morgan fingerprint density at radius 1 is 1.11 bits per heavy atom. The number of amides is 1. The lowest BCUT2D eigenvalue weighted by Gasteiger charge is -2.32. The van der Waals surface area contributed by atoms with E-state index in [1.54, 1.807) is 11.0 Å². The van der Waals surface area contributed by atoms with Gasteiger partial charge in [-0.2, -0.15) is 0 Å². The monoisotopic (exact) mass is 366 g/mol. The first kappa shape index (κ1) is 19.3. The van der Waals surface area contributed by atoms with Crippen molar-refractivity contribution in [1.82, 2.24) is 14.9 Å². The molecule has 0 bridgehead atoms. The van der Waals surface area contributed by atoms with Crippen molar-refractivity contribution in [2.24, 2.45) is 5.92 Å². The molecule has 1 aromatic carbocycles. The fourth-order valence-corrected chi connectivity index (χ4v) is 3.76. The zero-order valence-electron chi connectivity index (χ0n) is 16.7. The van der Waals surface area contributed by atoms with E-state index >= 15 is 0 Å². The first-order chi connectivity index (χ1) is 13.1. The summed E-state index contributed by atoms with van der Waals surface area (Å²) in [4.78, 5) is 25.9. The average molecular weight is 367 g/mol. The van der Waals surface area contributed by atoms with E-state index in [1.807, 2.05) is 20.8 Å². The highest BCUT2D eigenvalue weighted by molar-refractivity contribution is 5.92. The topological polar surface area (TPSA) is 49.3 Å². The number of nitrogens with zero attached hydrogens (tertiary/aromatic N) is 4. The number of carbonyl (C=O) groups excluding carboxylic acids is 1. The summed E-state index contributed by atoms with van der Waals surface area (Å²) in [5.74, 6) is 1.39. The molecule has 0 atom stereocenters. The summed E-state index contributed by atoms with van der Waals surface area (Å²) in [6.45, 7) is 9.20. The van der Waals surface area contributed by atoms with Crippen LogP contribution in [-0.4, -0.2) is 47.0 Å². The van der Waals surface area contributed by atoms with Crippen molar-refractivity contribution in [3.8, 4) is 0 Å². The molecule has 1 aliphatic heterocycles. The number of piperidine rings is 1. The Balaban J connectivity index is 1.66. The van der Waals surface area contributed by atoms with Gasteiger partial charge in [-0.1, -0.05) is 30.3 Å². The lowest BCUT2D eigenvalue weighted by atomic mass is 9.90. The van der Waals surface area contributed by atoms with Crippen LogP contribution in [0.5, 0.6) is 0 Å². The third-order valence-electron chi connectivity index (χ3n) is 5.38. The van der Waals surface area contributed by atoms with Crippen LogP contribution < -0.4 is 4.90 Å². The van der Waals surface area contributed by atoms with Crippen LogP contribution in [0.15, 0.2) is 36.4 Å². The van der Waals surface area contributed by atoms with Gasteiger partial charge in [-0.25, -0.2) is 9.97 Å². The SMILES string of the molecule is CCN(CC)C(=O)c1cc(C)nc(N2CCC(Cc3ccccc3)CC2)n1. The third kappa shape index (κ3) is 4.85. The van der Waals surface area contributed by atoms with Crippen LogP contribution in [-0.2, 0) is 6.42 Å². The number of anilines is 1. The van der Waals surface area contributed by atoms with Crippen molar-refractivity contribution in [3.63, 3.8) is 0 Å². The molecule has 2 heterocycles. The quantitative estimate of drug-likeness (QED) is 0.782. The van der Waals surface area contributed by atoms with E-state index in [1.165, 1.54) is 5.56 Å². The second-order valence-electron chi connectivity index (χ2n) is 7.29. The first-order valence-electron chi connectivity index (χ1n) is 10.0. The van der Waals surface area contributed by atoms with E-state index < -0.39 is 0 Å². The zero-order valence-corrected chi connectivity index (χ0v) is 16.7. The molecule has 1 amide bonds. The van der Waals surface area contributed by atoms with Crippen molar-refractivity contribution < 1.29 is 4.79 Å². The normalized spacial score (nSPS) is 15.0. The number of carbonyl (C=O) groups is 1. The summed E-state index contributed by atoms with van der Waals surface area (Å²) in [6, 6.07) is 12.5. The van der Waals surface area contributed by atoms with Crippen molar-refractivity contribution >= 4 is 11.9 Å². The molecule has 1 aromatic heterocycles. The Hall–Kier alpha value is -2.43. The lowest BCUT2D eigenvalue weighted by molar-refractivity contribution is 0.0767. The molecule has 5 heteroatoms. The molecule has 0 saturated carbocycles. The summed E-state index contributed by atoms with van der Waals surface area (Å²) in [5, 5.41) is 0. The zero-order chi connectivity index (χ0) is 19.2. The van der Waals surface area contributed by atoms with E-state index in [0.717, 1.165) is 38.0 Å². The predicted octanol–water partition coefficient (Wildman–Crippen LogP) is 3.73. The highest BCUT2D eigenvalue weighted by atomic mass is 16.2. The average Bonchev–Trinajstić information content (AvgIpc) is 2.70. The van der Waals surface area contributed by atoms with E-state index in [-0.39, 0.29) is 5.91 Å². The predicted molar refractivity (Wildman–Crippen MR) is 109 cm³/mol. The van der Waals surface area contributed by atoms with Crippen LogP contribution in [0, 0.1) is 12.8 Å². The van der Waals surface area contributed by atoms with Gasteiger partial charge in [-0.3, -0.25) is 4.79 Å². The molecule has 2 aromatic rings. The van der Waals surface area contributed by atoms with Crippen LogP contribution in [0.2, 0.25) is 0 Å². The Morgan fingerprint density at radius 3 is 2.41 bits per heavy atom. The van der Waals surface area contributed by atoms with Crippen molar-refractivity contribution in [3.05, 3.63) is 53.3 Å². The van der Waals surface area contributed by atoms with E-state index in [4.69, 9.17) is 0 Å². The maximum atomic E-state index is 12.7. The van der Waals surface area contributed by atoms with Crippen molar-refractivity contribution in [2.75, 3.05) is 31.1 Å². The van der Waals surface area contributed by atoms with E-state index in [0.29, 0.717) is 30.6 Å². The molecule has 0 radical (unpaired) electrons. The maximum absolute atomic E-state index is 12.7. The van der Waals surface area contributed by atoms with Crippen LogP contribution >= 0.6 is 0 Å². The molecule has 0 aliphatic carbocycles. The Morgan fingerprint density at radius 2 is 1.78 bits per heavy atom. The second kappa shape index (κ2) is 8.98.